The average molecular weight is 247 g/mol. The number of aliphatic hydroxyl groups excluding tert-OH is 1. The Bertz CT molecular complexity index is 374. The zero-order valence-corrected chi connectivity index (χ0v) is 11.8. The highest BCUT2D eigenvalue weighted by Crippen LogP contribution is 2.41. The fourth-order valence-corrected chi connectivity index (χ4v) is 3.43. The van der Waals surface area contributed by atoms with Crippen LogP contribution in [0.25, 0.3) is 0 Å². The van der Waals surface area contributed by atoms with Gasteiger partial charge in [-0.1, -0.05) is 30.3 Å². The molecule has 18 heavy (non-hydrogen) atoms. The number of nitrogens with zero attached hydrogens (tertiary/aromatic N) is 1. The van der Waals surface area contributed by atoms with Crippen molar-refractivity contribution >= 4 is 0 Å². The van der Waals surface area contributed by atoms with Gasteiger partial charge in [0, 0.05) is 18.2 Å². The van der Waals surface area contributed by atoms with E-state index >= 15 is 0 Å². The SMILES string of the molecule is CC(c1ccccc1)N1CCC(CCO)C1(C)C. The molecule has 0 aliphatic carbocycles. The van der Waals surface area contributed by atoms with Crippen LogP contribution in [-0.2, 0) is 0 Å². The Balaban J connectivity index is 2.15. The number of benzene rings is 1. The van der Waals surface area contributed by atoms with Gasteiger partial charge in [-0.25, -0.2) is 0 Å². The van der Waals surface area contributed by atoms with E-state index in [1.165, 1.54) is 12.0 Å². The third-order valence-electron chi connectivity index (χ3n) is 4.68. The van der Waals surface area contributed by atoms with Gasteiger partial charge in [-0.15, -0.1) is 0 Å². The molecule has 1 aromatic carbocycles. The smallest absolute Gasteiger partial charge is 0.0434 e. The lowest BCUT2D eigenvalue weighted by Crippen LogP contribution is -2.44. The van der Waals surface area contributed by atoms with E-state index in [0.29, 0.717) is 18.6 Å². The van der Waals surface area contributed by atoms with Crippen LogP contribution in [0.2, 0.25) is 0 Å². The lowest BCUT2D eigenvalue weighted by molar-refractivity contribution is 0.0857. The van der Waals surface area contributed by atoms with Gasteiger partial charge in [0.15, 0.2) is 0 Å². The molecule has 1 aliphatic heterocycles. The molecule has 100 valence electrons. The lowest BCUT2D eigenvalue weighted by atomic mass is 9.85. The van der Waals surface area contributed by atoms with E-state index in [4.69, 9.17) is 0 Å². The highest BCUT2D eigenvalue weighted by atomic mass is 16.3. The molecular formula is C16H25NO. The van der Waals surface area contributed by atoms with Crippen molar-refractivity contribution in [3.63, 3.8) is 0 Å². The molecule has 2 rings (SSSR count). The maximum absolute atomic E-state index is 9.18. The molecule has 1 aromatic rings. The van der Waals surface area contributed by atoms with Gasteiger partial charge >= 0.3 is 0 Å². The Morgan fingerprint density at radius 3 is 2.61 bits per heavy atom. The third kappa shape index (κ3) is 2.45. The summed E-state index contributed by atoms with van der Waals surface area (Å²) in [5, 5.41) is 9.18. The summed E-state index contributed by atoms with van der Waals surface area (Å²) in [4.78, 5) is 2.59. The molecule has 0 spiro atoms. The van der Waals surface area contributed by atoms with Gasteiger partial charge in [-0.05, 0) is 51.6 Å². The zero-order chi connectivity index (χ0) is 13.2. The van der Waals surface area contributed by atoms with Crippen LogP contribution >= 0.6 is 0 Å². The van der Waals surface area contributed by atoms with Gasteiger partial charge < -0.3 is 5.11 Å². The largest absolute Gasteiger partial charge is 0.396 e. The molecule has 0 radical (unpaired) electrons. The van der Waals surface area contributed by atoms with Crippen molar-refractivity contribution in [3.8, 4) is 0 Å². The Morgan fingerprint density at radius 1 is 1.33 bits per heavy atom. The number of aliphatic hydroxyl groups is 1. The van der Waals surface area contributed by atoms with Crippen LogP contribution in [0.15, 0.2) is 30.3 Å². The van der Waals surface area contributed by atoms with Gasteiger partial charge in [-0.3, -0.25) is 4.90 Å². The average Bonchev–Trinajstić information content (AvgIpc) is 2.66. The Morgan fingerprint density at radius 2 is 2.00 bits per heavy atom. The summed E-state index contributed by atoms with van der Waals surface area (Å²) in [5.41, 5.74) is 1.56. The molecule has 0 amide bonds. The Labute approximate surface area is 111 Å². The van der Waals surface area contributed by atoms with Gasteiger partial charge in [0.25, 0.3) is 0 Å². The van der Waals surface area contributed by atoms with E-state index in [0.717, 1.165) is 13.0 Å². The second-order valence-corrected chi connectivity index (χ2v) is 5.93. The first-order valence-electron chi connectivity index (χ1n) is 7.00. The molecule has 0 saturated carbocycles. The molecule has 1 aliphatic rings. The molecule has 1 saturated heterocycles. The van der Waals surface area contributed by atoms with E-state index in [-0.39, 0.29) is 5.54 Å². The van der Waals surface area contributed by atoms with Crippen LogP contribution in [0.3, 0.4) is 0 Å². The molecule has 0 bridgehead atoms. The fraction of sp³-hybridized carbons (Fsp3) is 0.625. The minimum Gasteiger partial charge on any atom is -0.396 e. The second kappa shape index (κ2) is 5.41. The van der Waals surface area contributed by atoms with Crippen LogP contribution in [0.4, 0.5) is 0 Å². The minimum atomic E-state index is 0.179. The van der Waals surface area contributed by atoms with Crippen molar-refractivity contribution in [3.05, 3.63) is 35.9 Å². The van der Waals surface area contributed by atoms with Crippen LogP contribution in [0, 0.1) is 5.92 Å². The van der Waals surface area contributed by atoms with Crippen molar-refractivity contribution in [2.24, 2.45) is 5.92 Å². The van der Waals surface area contributed by atoms with E-state index in [1.807, 2.05) is 0 Å². The van der Waals surface area contributed by atoms with Crippen molar-refractivity contribution in [2.45, 2.75) is 45.2 Å². The summed E-state index contributed by atoms with van der Waals surface area (Å²) in [6, 6.07) is 11.2. The molecule has 2 atom stereocenters. The minimum absolute atomic E-state index is 0.179. The van der Waals surface area contributed by atoms with Crippen molar-refractivity contribution < 1.29 is 5.11 Å². The molecule has 0 aromatic heterocycles. The summed E-state index contributed by atoms with van der Waals surface area (Å²) in [6.07, 6.45) is 2.12. The maximum Gasteiger partial charge on any atom is 0.0434 e. The predicted molar refractivity (Wildman–Crippen MR) is 75.5 cm³/mol. The van der Waals surface area contributed by atoms with Crippen LogP contribution in [0.5, 0.6) is 0 Å². The van der Waals surface area contributed by atoms with Crippen LogP contribution < -0.4 is 0 Å². The van der Waals surface area contributed by atoms with Gasteiger partial charge in [-0.2, -0.15) is 0 Å². The molecule has 1 N–H and O–H groups in total. The maximum atomic E-state index is 9.18. The summed E-state index contributed by atoms with van der Waals surface area (Å²) >= 11 is 0. The molecule has 2 nitrogen and oxygen atoms in total. The van der Waals surface area contributed by atoms with E-state index in [2.05, 4.69) is 56.0 Å². The standard InChI is InChI=1S/C16H25NO/c1-13(14-7-5-4-6-8-14)17-11-9-15(10-12-18)16(17,2)3/h4-8,13,15,18H,9-12H2,1-3H3. The summed E-state index contributed by atoms with van der Waals surface area (Å²) < 4.78 is 0. The summed E-state index contributed by atoms with van der Waals surface area (Å²) in [6.45, 7) is 8.37. The lowest BCUT2D eigenvalue weighted by Gasteiger charge is -2.40. The summed E-state index contributed by atoms with van der Waals surface area (Å²) in [5.74, 6) is 0.605. The molecule has 1 heterocycles. The zero-order valence-electron chi connectivity index (χ0n) is 11.8. The fourth-order valence-electron chi connectivity index (χ4n) is 3.43. The van der Waals surface area contributed by atoms with Crippen molar-refractivity contribution in [1.29, 1.82) is 0 Å². The number of hydrogen-bond acceptors (Lipinski definition) is 2. The van der Waals surface area contributed by atoms with Crippen LogP contribution in [-0.4, -0.2) is 28.7 Å². The Hall–Kier alpha value is -0.860. The van der Waals surface area contributed by atoms with Gasteiger partial charge in [0.05, 0.1) is 0 Å². The van der Waals surface area contributed by atoms with Crippen molar-refractivity contribution in [1.82, 2.24) is 4.90 Å². The first-order valence-corrected chi connectivity index (χ1v) is 7.00. The van der Waals surface area contributed by atoms with E-state index in [9.17, 15) is 5.11 Å². The predicted octanol–water partition coefficient (Wildman–Crippen LogP) is 3.23. The van der Waals surface area contributed by atoms with E-state index in [1.54, 1.807) is 0 Å². The quantitative estimate of drug-likeness (QED) is 0.883. The first-order chi connectivity index (χ1) is 8.57. The topological polar surface area (TPSA) is 23.5 Å². The molecule has 2 unspecified atom stereocenters. The number of rotatable bonds is 4. The summed E-state index contributed by atoms with van der Waals surface area (Å²) in [7, 11) is 0. The number of hydrogen-bond donors (Lipinski definition) is 1. The van der Waals surface area contributed by atoms with Crippen molar-refractivity contribution in [2.75, 3.05) is 13.2 Å². The molecule has 2 heteroatoms. The monoisotopic (exact) mass is 247 g/mol. The van der Waals surface area contributed by atoms with Gasteiger partial charge in [0.2, 0.25) is 0 Å². The Kier molecular flexibility index (Phi) is 4.08. The first kappa shape index (κ1) is 13.6. The van der Waals surface area contributed by atoms with E-state index < -0.39 is 0 Å². The second-order valence-electron chi connectivity index (χ2n) is 5.93. The van der Waals surface area contributed by atoms with Gasteiger partial charge in [0.1, 0.15) is 0 Å². The third-order valence-corrected chi connectivity index (χ3v) is 4.68. The number of likely N-dealkylation sites (tertiary alicyclic amines) is 1. The normalized spacial score (nSPS) is 25.2. The highest BCUT2D eigenvalue weighted by Gasteiger charge is 2.42. The molecular weight excluding hydrogens is 222 g/mol. The van der Waals surface area contributed by atoms with Crippen LogP contribution in [0.1, 0.15) is 45.2 Å². The highest BCUT2D eigenvalue weighted by molar-refractivity contribution is 5.19. The molecule has 1 fully saturated rings.